The zero-order chi connectivity index (χ0) is 14.0. The molecule has 5 heteroatoms. The number of amides is 2. The third kappa shape index (κ3) is 3.29. The van der Waals surface area contributed by atoms with Gasteiger partial charge in [0.25, 0.3) is 5.91 Å². The molecule has 0 radical (unpaired) electrons. The van der Waals surface area contributed by atoms with Crippen LogP contribution < -0.4 is 10.6 Å². The summed E-state index contributed by atoms with van der Waals surface area (Å²) in [7, 11) is 0. The first-order valence-corrected chi connectivity index (χ1v) is 7.25. The molecule has 0 bridgehead atoms. The van der Waals surface area contributed by atoms with Gasteiger partial charge in [-0.15, -0.1) is 11.8 Å². The van der Waals surface area contributed by atoms with E-state index in [1.165, 1.54) is 11.8 Å². The van der Waals surface area contributed by atoms with E-state index in [0.717, 1.165) is 10.6 Å². The molecule has 1 atom stereocenters. The van der Waals surface area contributed by atoms with Gasteiger partial charge in [0.1, 0.15) is 0 Å². The normalized spacial score (nSPS) is 17.9. The Morgan fingerprint density at radius 1 is 1.47 bits per heavy atom. The van der Waals surface area contributed by atoms with E-state index in [-0.39, 0.29) is 17.1 Å². The minimum atomic E-state index is -0.102. The summed E-state index contributed by atoms with van der Waals surface area (Å²) < 4.78 is 0. The Bertz CT molecular complexity index is 514. The highest BCUT2D eigenvalue weighted by Crippen LogP contribution is 2.35. The van der Waals surface area contributed by atoms with Crippen LogP contribution in [0, 0.1) is 5.92 Å². The van der Waals surface area contributed by atoms with Crippen LogP contribution in [0.3, 0.4) is 0 Å². The van der Waals surface area contributed by atoms with Gasteiger partial charge in [0, 0.05) is 17.0 Å². The van der Waals surface area contributed by atoms with Crippen LogP contribution in [0.1, 0.15) is 31.1 Å². The van der Waals surface area contributed by atoms with Crippen molar-refractivity contribution in [3.63, 3.8) is 0 Å². The molecule has 0 saturated heterocycles. The van der Waals surface area contributed by atoms with Crippen molar-refractivity contribution in [2.45, 2.75) is 30.9 Å². The van der Waals surface area contributed by atoms with Gasteiger partial charge in [0.15, 0.2) is 0 Å². The molecule has 2 rings (SSSR count). The highest BCUT2D eigenvalue weighted by atomic mass is 32.2. The summed E-state index contributed by atoms with van der Waals surface area (Å²) in [4.78, 5) is 24.6. The summed E-state index contributed by atoms with van der Waals surface area (Å²) in [6.07, 6.45) is 0. The van der Waals surface area contributed by atoms with Crippen LogP contribution in [-0.4, -0.2) is 23.6 Å². The van der Waals surface area contributed by atoms with Crippen LogP contribution in [0.2, 0.25) is 0 Å². The molecule has 0 unspecified atom stereocenters. The zero-order valence-electron chi connectivity index (χ0n) is 11.3. The monoisotopic (exact) mass is 278 g/mol. The first-order valence-electron chi connectivity index (χ1n) is 6.37. The SMILES string of the molecule is CC(C)CNC(=O)c1ccc2c(c1)NC(=O)[C@@H](C)S2. The molecule has 0 aliphatic carbocycles. The first-order chi connectivity index (χ1) is 8.97. The van der Waals surface area contributed by atoms with Crippen molar-refractivity contribution in [1.29, 1.82) is 0 Å². The molecular formula is C14H18N2O2S. The van der Waals surface area contributed by atoms with E-state index in [9.17, 15) is 9.59 Å². The number of anilines is 1. The average Bonchev–Trinajstić information content (AvgIpc) is 2.36. The second-order valence-electron chi connectivity index (χ2n) is 5.06. The van der Waals surface area contributed by atoms with Crippen molar-refractivity contribution < 1.29 is 9.59 Å². The summed E-state index contributed by atoms with van der Waals surface area (Å²) in [5.74, 6) is 0.296. The van der Waals surface area contributed by atoms with Gasteiger partial charge in [-0.05, 0) is 31.0 Å². The topological polar surface area (TPSA) is 58.2 Å². The summed E-state index contributed by atoms with van der Waals surface area (Å²) in [5, 5.41) is 5.61. The highest BCUT2D eigenvalue weighted by molar-refractivity contribution is 8.00. The Balaban J connectivity index is 2.15. The van der Waals surface area contributed by atoms with Crippen molar-refractivity contribution in [3.05, 3.63) is 23.8 Å². The number of carbonyl (C=O) groups excluding carboxylic acids is 2. The number of hydrogen-bond donors (Lipinski definition) is 2. The van der Waals surface area contributed by atoms with Gasteiger partial charge < -0.3 is 10.6 Å². The van der Waals surface area contributed by atoms with E-state index in [0.29, 0.717) is 18.0 Å². The molecule has 0 aromatic heterocycles. The van der Waals surface area contributed by atoms with Crippen molar-refractivity contribution in [2.75, 3.05) is 11.9 Å². The van der Waals surface area contributed by atoms with Gasteiger partial charge in [-0.3, -0.25) is 9.59 Å². The summed E-state index contributed by atoms with van der Waals surface area (Å²) in [6.45, 7) is 6.61. The molecule has 1 aromatic carbocycles. The molecule has 2 N–H and O–H groups in total. The molecular weight excluding hydrogens is 260 g/mol. The second-order valence-corrected chi connectivity index (χ2v) is 6.45. The van der Waals surface area contributed by atoms with E-state index < -0.39 is 0 Å². The lowest BCUT2D eigenvalue weighted by Crippen LogP contribution is -2.29. The average molecular weight is 278 g/mol. The predicted octanol–water partition coefficient (Wildman–Crippen LogP) is 2.51. The van der Waals surface area contributed by atoms with Gasteiger partial charge in [-0.25, -0.2) is 0 Å². The molecule has 0 fully saturated rings. The maximum absolute atomic E-state index is 12.0. The van der Waals surface area contributed by atoms with Crippen LogP contribution in [0.15, 0.2) is 23.1 Å². The quantitative estimate of drug-likeness (QED) is 0.893. The number of carbonyl (C=O) groups is 2. The number of fused-ring (bicyclic) bond motifs is 1. The summed E-state index contributed by atoms with van der Waals surface area (Å²) in [6, 6.07) is 5.42. The van der Waals surface area contributed by atoms with Crippen LogP contribution in [0.4, 0.5) is 5.69 Å². The Hall–Kier alpha value is -1.49. The lowest BCUT2D eigenvalue weighted by Gasteiger charge is -2.21. The first kappa shape index (κ1) is 13.9. The van der Waals surface area contributed by atoms with E-state index in [1.54, 1.807) is 12.1 Å². The molecule has 102 valence electrons. The zero-order valence-corrected chi connectivity index (χ0v) is 12.1. The molecule has 0 saturated carbocycles. The van der Waals surface area contributed by atoms with Gasteiger partial charge in [0.2, 0.25) is 5.91 Å². The Kier molecular flexibility index (Phi) is 4.14. The van der Waals surface area contributed by atoms with E-state index in [2.05, 4.69) is 10.6 Å². The smallest absolute Gasteiger partial charge is 0.251 e. The molecule has 0 spiro atoms. The van der Waals surface area contributed by atoms with Crippen molar-refractivity contribution in [3.8, 4) is 0 Å². The van der Waals surface area contributed by atoms with Crippen LogP contribution in [0.5, 0.6) is 0 Å². The van der Waals surface area contributed by atoms with Crippen molar-refractivity contribution in [2.24, 2.45) is 5.92 Å². The Labute approximate surface area is 117 Å². The van der Waals surface area contributed by atoms with E-state index in [4.69, 9.17) is 0 Å². The molecule has 2 amide bonds. The highest BCUT2D eigenvalue weighted by Gasteiger charge is 2.23. The largest absolute Gasteiger partial charge is 0.352 e. The minimum absolute atomic E-state index is 0.0164. The number of rotatable bonds is 3. The number of nitrogens with one attached hydrogen (secondary N) is 2. The molecule has 19 heavy (non-hydrogen) atoms. The number of benzene rings is 1. The summed E-state index contributed by atoms with van der Waals surface area (Å²) in [5.41, 5.74) is 1.31. The van der Waals surface area contributed by atoms with Gasteiger partial charge >= 0.3 is 0 Å². The third-order valence-electron chi connectivity index (χ3n) is 2.84. The van der Waals surface area contributed by atoms with Gasteiger partial charge in [-0.2, -0.15) is 0 Å². The second kappa shape index (κ2) is 5.65. The van der Waals surface area contributed by atoms with Crippen LogP contribution >= 0.6 is 11.8 Å². The van der Waals surface area contributed by atoms with Crippen molar-refractivity contribution in [1.82, 2.24) is 5.32 Å². The van der Waals surface area contributed by atoms with E-state index in [1.807, 2.05) is 26.8 Å². The molecule has 1 heterocycles. The minimum Gasteiger partial charge on any atom is -0.352 e. The lowest BCUT2D eigenvalue weighted by molar-refractivity contribution is -0.115. The lowest BCUT2D eigenvalue weighted by atomic mass is 10.1. The standard InChI is InChI=1S/C14H18N2O2S/c1-8(2)7-15-14(18)10-4-5-12-11(6-10)16-13(17)9(3)19-12/h4-6,8-9H,7H2,1-3H3,(H,15,18)(H,16,17)/t9-/m1/s1. The molecule has 1 aromatic rings. The fourth-order valence-electron chi connectivity index (χ4n) is 1.75. The maximum Gasteiger partial charge on any atom is 0.251 e. The maximum atomic E-state index is 12.0. The van der Waals surface area contributed by atoms with Crippen LogP contribution in [0.25, 0.3) is 0 Å². The van der Waals surface area contributed by atoms with E-state index >= 15 is 0 Å². The van der Waals surface area contributed by atoms with Gasteiger partial charge in [0.05, 0.1) is 10.9 Å². The molecule has 4 nitrogen and oxygen atoms in total. The predicted molar refractivity (Wildman–Crippen MR) is 77.6 cm³/mol. The number of thioether (sulfide) groups is 1. The third-order valence-corrected chi connectivity index (χ3v) is 4.02. The number of hydrogen-bond acceptors (Lipinski definition) is 3. The fraction of sp³-hybridized carbons (Fsp3) is 0.429. The molecule has 1 aliphatic rings. The fourth-order valence-corrected chi connectivity index (χ4v) is 2.68. The van der Waals surface area contributed by atoms with Crippen LogP contribution in [-0.2, 0) is 4.79 Å². The molecule has 1 aliphatic heterocycles. The Morgan fingerprint density at radius 3 is 2.89 bits per heavy atom. The summed E-state index contributed by atoms with van der Waals surface area (Å²) >= 11 is 1.51. The Morgan fingerprint density at radius 2 is 2.21 bits per heavy atom. The van der Waals surface area contributed by atoms with Gasteiger partial charge in [-0.1, -0.05) is 13.8 Å². The van der Waals surface area contributed by atoms with Crippen molar-refractivity contribution >= 4 is 29.3 Å².